The van der Waals surface area contributed by atoms with Crippen molar-refractivity contribution in [1.29, 1.82) is 0 Å². The largest absolute Gasteiger partial charge is 0.252 e. The molecule has 0 radical (unpaired) electrons. The van der Waals surface area contributed by atoms with Crippen LogP contribution in [0.4, 0.5) is 11.4 Å². The second kappa shape index (κ2) is 26.7. The van der Waals surface area contributed by atoms with Crippen molar-refractivity contribution in [2.45, 2.75) is 169 Å². The molecule has 2 rings (SSSR count). The van der Waals surface area contributed by atoms with Gasteiger partial charge >= 0.3 is 0 Å². The molecule has 43 heavy (non-hydrogen) atoms. The smallest absolute Gasteiger partial charge is 0.0633 e. The summed E-state index contributed by atoms with van der Waals surface area (Å²) in [5.74, 6) is 0. The van der Waals surface area contributed by atoms with Gasteiger partial charge in [-0.3, -0.25) is 9.98 Å². The molecular formula is C40H64N2Ni. The fourth-order valence-corrected chi connectivity index (χ4v) is 5.69. The van der Waals surface area contributed by atoms with Crippen LogP contribution in [0, 0.1) is 0 Å². The van der Waals surface area contributed by atoms with E-state index in [9.17, 15) is 0 Å². The van der Waals surface area contributed by atoms with Crippen molar-refractivity contribution in [2.24, 2.45) is 9.98 Å². The van der Waals surface area contributed by atoms with E-state index in [2.05, 4.69) is 76.2 Å². The van der Waals surface area contributed by atoms with E-state index in [1.165, 1.54) is 145 Å². The first kappa shape index (κ1) is 39.3. The van der Waals surface area contributed by atoms with Gasteiger partial charge in [0.15, 0.2) is 0 Å². The van der Waals surface area contributed by atoms with Crippen LogP contribution < -0.4 is 0 Å². The van der Waals surface area contributed by atoms with Crippen molar-refractivity contribution < 1.29 is 16.5 Å². The Hall–Kier alpha value is -1.73. The Morgan fingerprint density at radius 3 is 1.16 bits per heavy atom. The molecule has 0 unspecified atom stereocenters. The molecule has 0 atom stereocenters. The molecule has 0 aliphatic carbocycles. The summed E-state index contributed by atoms with van der Waals surface area (Å²) in [4.78, 5) is 10.3. The second-order valence-electron chi connectivity index (χ2n) is 12.4. The molecule has 244 valence electrons. The summed E-state index contributed by atoms with van der Waals surface area (Å²) in [6, 6.07) is 18.0. The molecule has 0 heterocycles. The van der Waals surface area contributed by atoms with Gasteiger partial charge in [-0.15, -0.1) is 0 Å². The topological polar surface area (TPSA) is 24.7 Å². The summed E-state index contributed by atoms with van der Waals surface area (Å²) in [7, 11) is 0. The molecule has 0 aliphatic heterocycles. The van der Waals surface area contributed by atoms with Crippen LogP contribution in [0.1, 0.15) is 167 Å². The molecule has 2 aromatic rings. The number of aryl methyl sites for hydroxylation is 2. The number of rotatable bonds is 25. The van der Waals surface area contributed by atoms with Gasteiger partial charge < -0.3 is 0 Å². The van der Waals surface area contributed by atoms with Crippen LogP contribution in [0.25, 0.3) is 0 Å². The van der Waals surface area contributed by atoms with E-state index in [1.807, 2.05) is 0 Å². The Morgan fingerprint density at radius 1 is 0.419 bits per heavy atom. The molecule has 2 nitrogen and oxygen atoms in total. The number of aliphatic imine (C=N–C) groups is 2. The quantitative estimate of drug-likeness (QED) is 0.0592. The normalized spacial score (nSPS) is 12.0. The molecule has 0 aliphatic rings. The van der Waals surface area contributed by atoms with Crippen molar-refractivity contribution in [1.82, 2.24) is 0 Å². The van der Waals surface area contributed by atoms with Crippen LogP contribution in [0.5, 0.6) is 0 Å². The number of hydrogen-bond donors (Lipinski definition) is 0. The first-order chi connectivity index (χ1) is 20.7. The van der Waals surface area contributed by atoms with Crippen LogP contribution in [0.15, 0.2) is 58.5 Å². The van der Waals surface area contributed by atoms with Gasteiger partial charge in [0.25, 0.3) is 0 Å². The van der Waals surface area contributed by atoms with E-state index in [1.54, 1.807) is 0 Å². The molecule has 0 aromatic heterocycles. The van der Waals surface area contributed by atoms with E-state index in [0.29, 0.717) is 0 Å². The van der Waals surface area contributed by atoms with E-state index in [-0.39, 0.29) is 16.5 Å². The van der Waals surface area contributed by atoms with Crippen molar-refractivity contribution in [2.75, 3.05) is 0 Å². The molecular weight excluding hydrogens is 567 g/mol. The van der Waals surface area contributed by atoms with Crippen molar-refractivity contribution >= 4 is 22.8 Å². The molecule has 0 fully saturated rings. The van der Waals surface area contributed by atoms with Crippen molar-refractivity contribution in [3.05, 3.63) is 59.7 Å². The Morgan fingerprint density at radius 2 is 0.767 bits per heavy atom. The van der Waals surface area contributed by atoms with Crippen LogP contribution in [0.3, 0.4) is 0 Å². The summed E-state index contributed by atoms with van der Waals surface area (Å²) < 4.78 is 0. The van der Waals surface area contributed by atoms with Crippen molar-refractivity contribution in [3.8, 4) is 0 Å². The van der Waals surface area contributed by atoms with E-state index in [4.69, 9.17) is 9.98 Å². The van der Waals surface area contributed by atoms with Gasteiger partial charge in [-0.25, -0.2) is 0 Å². The van der Waals surface area contributed by atoms with Gasteiger partial charge in [0.1, 0.15) is 0 Å². The SMILES string of the molecule is CCCCCCCCCc1ccc(/N=C(CC)/C(CCCCCC)=N/c2ccc(CCCCCCCCC)cc2)cc1.[Ni]. The average molecular weight is 632 g/mol. The fourth-order valence-electron chi connectivity index (χ4n) is 5.69. The Bertz CT molecular complexity index is 975. The molecule has 0 amide bonds. The predicted molar refractivity (Wildman–Crippen MR) is 190 cm³/mol. The fraction of sp³-hybridized carbons (Fsp3) is 0.650. The van der Waals surface area contributed by atoms with Crippen LogP contribution >= 0.6 is 0 Å². The first-order valence-electron chi connectivity index (χ1n) is 18.0. The molecule has 3 heteroatoms. The van der Waals surface area contributed by atoms with Crippen LogP contribution in [-0.4, -0.2) is 11.4 Å². The van der Waals surface area contributed by atoms with E-state index >= 15 is 0 Å². The summed E-state index contributed by atoms with van der Waals surface area (Å²) in [5.41, 5.74) is 7.30. The molecule has 0 saturated carbocycles. The minimum Gasteiger partial charge on any atom is -0.252 e. The third-order valence-electron chi connectivity index (χ3n) is 8.47. The molecule has 0 bridgehead atoms. The minimum absolute atomic E-state index is 0. The minimum atomic E-state index is 0. The monoisotopic (exact) mass is 630 g/mol. The van der Waals surface area contributed by atoms with Gasteiger partial charge in [-0.05, 0) is 80.3 Å². The molecule has 2 aromatic carbocycles. The van der Waals surface area contributed by atoms with Gasteiger partial charge in [0.2, 0.25) is 0 Å². The number of unbranched alkanes of at least 4 members (excludes halogenated alkanes) is 15. The zero-order chi connectivity index (χ0) is 30.1. The van der Waals surface area contributed by atoms with Gasteiger partial charge in [-0.2, -0.15) is 0 Å². The number of nitrogens with zero attached hydrogens (tertiary/aromatic N) is 2. The molecule has 0 N–H and O–H groups in total. The third-order valence-corrected chi connectivity index (χ3v) is 8.47. The zero-order valence-electron chi connectivity index (χ0n) is 28.4. The van der Waals surface area contributed by atoms with Crippen molar-refractivity contribution in [3.63, 3.8) is 0 Å². The zero-order valence-corrected chi connectivity index (χ0v) is 29.4. The molecule has 0 saturated heterocycles. The first-order valence-corrected chi connectivity index (χ1v) is 18.0. The van der Waals surface area contributed by atoms with E-state index in [0.717, 1.165) is 29.9 Å². The van der Waals surface area contributed by atoms with Crippen LogP contribution in [0.2, 0.25) is 0 Å². The summed E-state index contributed by atoms with van der Waals surface area (Å²) in [6.07, 6.45) is 28.3. The Kier molecular flexibility index (Phi) is 24.4. The van der Waals surface area contributed by atoms with Gasteiger partial charge in [0.05, 0.1) is 22.8 Å². The summed E-state index contributed by atoms with van der Waals surface area (Å²) >= 11 is 0. The number of hydrogen-bond acceptors (Lipinski definition) is 2. The third kappa shape index (κ3) is 18.6. The van der Waals surface area contributed by atoms with Crippen LogP contribution in [-0.2, 0) is 29.3 Å². The van der Waals surface area contributed by atoms with Gasteiger partial charge in [-0.1, -0.05) is 148 Å². The maximum Gasteiger partial charge on any atom is 0.0633 e. The summed E-state index contributed by atoms with van der Waals surface area (Å²) in [5, 5.41) is 0. The standard InChI is InChI=1S/C40H64N2.Ni/c1-5-9-12-15-17-19-21-24-35-27-31-37(32-28-35)41-39(8-4)40(26-23-14-11-7-3)42-38-33-29-36(30-34-38)25-22-20-18-16-13-10-6-2;/h27-34H,5-26H2,1-4H3;/b41-39+,42-40+;. The van der Waals surface area contributed by atoms with Gasteiger partial charge in [0, 0.05) is 16.5 Å². The second-order valence-corrected chi connectivity index (χ2v) is 12.4. The molecule has 0 spiro atoms. The Labute approximate surface area is 277 Å². The average Bonchev–Trinajstić information content (AvgIpc) is 3.02. The summed E-state index contributed by atoms with van der Waals surface area (Å²) in [6.45, 7) is 9.07. The van der Waals surface area contributed by atoms with E-state index < -0.39 is 0 Å². The maximum atomic E-state index is 5.18. The Balaban J connectivity index is 0.00000924. The number of benzene rings is 2. The predicted octanol–water partition coefficient (Wildman–Crippen LogP) is 13.5. The maximum absolute atomic E-state index is 5.18.